The Bertz CT molecular complexity index is 1160. The highest BCUT2D eigenvalue weighted by Crippen LogP contribution is 2.37. The lowest BCUT2D eigenvalue weighted by atomic mass is 10.1. The summed E-state index contributed by atoms with van der Waals surface area (Å²) in [6.45, 7) is 1.30. The molecule has 7 nitrogen and oxygen atoms in total. The first-order chi connectivity index (χ1) is 12.6. The van der Waals surface area contributed by atoms with E-state index in [0.29, 0.717) is 41.3 Å². The van der Waals surface area contributed by atoms with Crippen LogP contribution in [0.2, 0.25) is 0 Å². The first-order valence-electron chi connectivity index (χ1n) is 8.32. The molecule has 0 saturated carbocycles. The predicted molar refractivity (Wildman–Crippen MR) is 93.5 cm³/mol. The zero-order valence-electron chi connectivity index (χ0n) is 13.7. The molecule has 0 saturated heterocycles. The number of nitrogens with zero attached hydrogens (tertiary/aromatic N) is 3. The Morgan fingerprint density at radius 2 is 2.00 bits per heavy atom. The molecule has 0 bridgehead atoms. The number of hydrogen-bond donors (Lipinski definition) is 2. The molecule has 4 aromatic rings. The lowest BCUT2D eigenvalue weighted by molar-refractivity contribution is 0.298. The molecule has 8 heteroatoms. The summed E-state index contributed by atoms with van der Waals surface area (Å²) in [4.78, 5) is 8.64. The monoisotopic (exact) mass is 354 g/mol. The predicted octanol–water partition coefficient (Wildman–Crippen LogP) is 3.44. The molecule has 0 unspecified atom stereocenters. The molecule has 0 amide bonds. The minimum atomic E-state index is -0.549. The summed E-state index contributed by atoms with van der Waals surface area (Å²) >= 11 is 0. The zero-order valence-corrected chi connectivity index (χ0v) is 13.7. The Kier molecular flexibility index (Phi) is 3.09. The van der Waals surface area contributed by atoms with Gasteiger partial charge in [0.2, 0.25) is 0 Å². The molecular weight excluding hydrogens is 339 g/mol. The van der Waals surface area contributed by atoms with Crippen molar-refractivity contribution in [2.24, 2.45) is 0 Å². The van der Waals surface area contributed by atoms with Gasteiger partial charge in [0.15, 0.2) is 11.4 Å². The SMILES string of the molecule is Nc1nc2cc(-c3nc4cc(O)cc5c4n3CCCCO5)cc(F)c2o1. The molecule has 0 aliphatic carbocycles. The number of nitrogens with two attached hydrogens (primary N) is 1. The van der Waals surface area contributed by atoms with Gasteiger partial charge in [0.25, 0.3) is 6.01 Å². The highest BCUT2D eigenvalue weighted by atomic mass is 19.1. The molecule has 3 N–H and O–H groups in total. The van der Waals surface area contributed by atoms with Gasteiger partial charge in [-0.1, -0.05) is 0 Å². The fourth-order valence-electron chi connectivity index (χ4n) is 3.46. The maximum Gasteiger partial charge on any atom is 0.293 e. The van der Waals surface area contributed by atoms with Crippen molar-refractivity contribution in [3.05, 3.63) is 30.1 Å². The van der Waals surface area contributed by atoms with Gasteiger partial charge in [0, 0.05) is 24.2 Å². The average Bonchev–Trinajstić information content (AvgIpc) is 3.12. The van der Waals surface area contributed by atoms with E-state index in [4.69, 9.17) is 14.9 Å². The van der Waals surface area contributed by atoms with Gasteiger partial charge >= 0.3 is 0 Å². The van der Waals surface area contributed by atoms with E-state index in [1.807, 2.05) is 4.57 Å². The van der Waals surface area contributed by atoms with E-state index in [9.17, 15) is 9.50 Å². The number of aromatic nitrogens is 3. The number of aromatic hydroxyl groups is 1. The van der Waals surface area contributed by atoms with Crippen molar-refractivity contribution >= 4 is 28.1 Å². The van der Waals surface area contributed by atoms with Crippen LogP contribution < -0.4 is 10.5 Å². The Labute approximate surface area is 146 Å². The van der Waals surface area contributed by atoms with E-state index in [1.54, 1.807) is 18.2 Å². The topological polar surface area (TPSA) is 99.3 Å². The van der Waals surface area contributed by atoms with Crippen LogP contribution in [0.4, 0.5) is 10.4 Å². The van der Waals surface area contributed by atoms with Crippen LogP contribution in [0.3, 0.4) is 0 Å². The molecule has 132 valence electrons. The van der Waals surface area contributed by atoms with Crippen molar-refractivity contribution in [2.75, 3.05) is 12.3 Å². The van der Waals surface area contributed by atoms with Crippen LogP contribution >= 0.6 is 0 Å². The van der Waals surface area contributed by atoms with E-state index in [0.717, 1.165) is 18.4 Å². The molecule has 5 rings (SSSR count). The first kappa shape index (κ1) is 15.0. The highest BCUT2D eigenvalue weighted by molar-refractivity contribution is 5.89. The van der Waals surface area contributed by atoms with E-state index in [2.05, 4.69) is 9.97 Å². The van der Waals surface area contributed by atoms with Gasteiger partial charge in [0.1, 0.15) is 28.4 Å². The molecule has 0 spiro atoms. The number of aryl methyl sites for hydroxylation is 1. The van der Waals surface area contributed by atoms with Crippen LogP contribution in [-0.4, -0.2) is 26.2 Å². The Morgan fingerprint density at radius 1 is 1.12 bits per heavy atom. The van der Waals surface area contributed by atoms with Crippen molar-refractivity contribution in [2.45, 2.75) is 19.4 Å². The largest absolute Gasteiger partial charge is 0.508 e. The zero-order chi connectivity index (χ0) is 17.8. The molecule has 2 aromatic heterocycles. The lowest BCUT2D eigenvalue weighted by Gasteiger charge is -2.16. The third-order valence-corrected chi connectivity index (χ3v) is 4.54. The van der Waals surface area contributed by atoms with Crippen molar-refractivity contribution < 1.29 is 18.7 Å². The second kappa shape index (κ2) is 5.35. The molecule has 26 heavy (non-hydrogen) atoms. The molecule has 0 radical (unpaired) electrons. The third kappa shape index (κ3) is 2.18. The summed E-state index contributed by atoms with van der Waals surface area (Å²) in [7, 11) is 0. The number of rotatable bonds is 1. The number of imidazole rings is 1. The number of hydrogen-bond acceptors (Lipinski definition) is 6. The van der Waals surface area contributed by atoms with E-state index >= 15 is 0 Å². The van der Waals surface area contributed by atoms with Crippen LogP contribution in [0.1, 0.15) is 12.8 Å². The summed E-state index contributed by atoms with van der Waals surface area (Å²) in [5, 5.41) is 9.96. The number of phenolic OH excluding ortho intramolecular Hbond substituents is 1. The number of nitrogen functional groups attached to an aromatic ring is 1. The summed E-state index contributed by atoms with van der Waals surface area (Å²) in [5.41, 5.74) is 7.84. The van der Waals surface area contributed by atoms with Crippen LogP contribution in [-0.2, 0) is 6.54 Å². The Hall–Kier alpha value is -3.29. The molecule has 0 atom stereocenters. The Morgan fingerprint density at radius 3 is 2.88 bits per heavy atom. The molecule has 2 aromatic carbocycles. The minimum Gasteiger partial charge on any atom is -0.508 e. The molecule has 3 heterocycles. The highest BCUT2D eigenvalue weighted by Gasteiger charge is 2.21. The fraction of sp³-hybridized carbons (Fsp3) is 0.222. The molecule has 0 fully saturated rings. The quantitative estimate of drug-likeness (QED) is 0.543. The summed E-state index contributed by atoms with van der Waals surface area (Å²) in [5.74, 6) is 0.687. The van der Waals surface area contributed by atoms with Gasteiger partial charge in [-0.2, -0.15) is 4.98 Å². The van der Waals surface area contributed by atoms with Crippen LogP contribution in [0.25, 0.3) is 33.5 Å². The molecular formula is C18H15FN4O3. The van der Waals surface area contributed by atoms with Crippen LogP contribution in [0.5, 0.6) is 11.5 Å². The second-order valence-electron chi connectivity index (χ2n) is 6.31. The third-order valence-electron chi connectivity index (χ3n) is 4.54. The van der Waals surface area contributed by atoms with Crippen molar-refractivity contribution in [3.8, 4) is 22.9 Å². The number of anilines is 1. The lowest BCUT2D eigenvalue weighted by Crippen LogP contribution is -2.08. The minimum absolute atomic E-state index is 0.0247. The van der Waals surface area contributed by atoms with Gasteiger partial charge in [0.05, 0.1) is 12.1 Å². The summed E-state index contributed by atoms with van der Waals surface area (Å²) in [6, 6.07) is 6.13. The van der Waals surface area contributed by atoms with Gasteiger partial charge in [-0.15, -0.1) is 0 Å². The number of benzene rings is 2. The van der Waals surface area contributed by atoms with Crippen molar-refractivity contribution in [3.63, 3.8) is 0 Å². The van der Waals surface area contributed by atoms with Gasteiger partial charge in [-0.3, -0.25) is 0 Å². The number of phenols is 1. The summed E-state index contributed by atoms with van der Waals surface area (Å²) < 4.78 is 27.3. The Balaban J connectivity index is 1.81. The smallest absolute Gasteiger partial charge is 0.293 e. The van der Waals surface area contributed by atoms with Crippen molar-refractivity contribution in [1.82, 2.24) is 14.5 Å². The second-order valence-corrected chi connectivity index (χ2v) is 6.31. The van der Waals surface area contributed by atoms with Gasteiger partial charge in [-0.05, 0) is 25.0 Å². The first-order valence-corrected chi connectivity index (χ1v) is 8.32. The maximum atomic E-state index is 14.4. The van der Waals surface area contributed by atoms with E-state index in [-0.39, 0.29) is 17.3 Å². The van der Waals surface area contributed by atoms with Crippen LogP contribution in [0.15, 0.2) is 28.7 Å². The molecule has 1 aliphatic heterocycles. The van der Waals surface area contributed by atoms with Gasteiger partial charge < -0.3 is 24.6 Å². The summed E-state index contributed by atoms with van der Waals surface area (Å²) in [6.07, 6.45) is 1.78. The number of oxazole rings is 1. The van der Waals surface area contributed by atoms with Gasteiger partial charge in [-0.25, -0.2) is 9.37 Å². The molecule has 1 aliphatic rings. The fourth-order valence-corrected chi connectivity index (χ4v) is 3.46. The number of halogens is 1. The average molecular weight is 354 g/mol. The number of fused-ring (bicyclic) bond motifs is 1. The van der Waals surface area contributed by atoms with Crippen LogP contribution in [0, 0.1) is 5.82 Å². The number of ether oxygens (including phenoxy) is 1. The van der Waals surface area contributed by atoms with E-state index < -0.39 is 5.82 Å². The van der Waals surface area contributed by atoms with Crippen molar-refractivity contribution in [1.29, 1.82) is 0 Å². The standard InChI is InChI=1S/C18H15FN4O3/c19-11-5-9(6-13-16(11)26-18(20)22-13)17-21-12-7-10(24)8-14-15(12)23(17)3-1-2-4-25-14/h5-8,24H,1-4H2,(H2,20,22). The normalized spacial score (nSPS) is 14.3. The van der Waals surface area contributed by atoms with E-state index in [1.165, 1.54) is 6.07 Å². The maximum absolute atomic E-state index is 14.4.